The maximum absolute atomic E-state index is 12.4. The summed E-state index contributed by atoms with van der Waals surface area (Å²) in [4.78, 5) is 19.9. The number of carbonyl (C=O) groups is 1. The van der Waals surface area contributed by atoms with Crippen molar-refractivity contribution in [2.75, 3.05) is 24.6 Å². The number of ether oxygens (including phenoxy) is 1. The van der Waals surface area contributed by atoms with Crippen molar-refractivity contribution < 1.29 is 9.53 Å². The van der Waals surface area contributed by atoms with Crippen LogP contribution in [-0.4, -0.2) is 35.2 Å². The summed E-state index contributed by atoms with van der Waals surface area (Å²) < 4.78 is 7.56. The van der Waals surface area contributed by atoms with E-state index in [0.717, 1.165) is 48.5 Å². The van der Waals surface area contributed by atoms with Crippen LogP contribution < -0.4 is 4.90 Å². The minimum Gasteiger partial charge on any atom is -0.462 e. The van der Waals surface area contributed by atoms with Crippen LogP contribution >= 0.6 is 0 Å². The number of rotatable bonds is 12. The van der Waals surface area contributed by atoms with Crippen LogP contribution in [0.4, 0.5) is 5.69 Å². The number of nitrogens with zero attached hydrogens (tertiary/aromatic N) is 3. The molecule has 5 heteroatoms. The number of esters is 1. The average molecular weight is 538 g/mol. The first-order valence-corrected chi connectivity index (χ1v) is 15.3. The van der Waals surface area contributed by atoms with Gasteiger partial charge in [0.15, 0.2) is 0 Å². The summed E-state index contributed by atoms with van der Waals surface area (Å²) in [5.41, 5.74) is 7.30. The Kier molecular flexibility index (Phi) is 9.54. The molecule has 2 heterocycles. The Labute approximate surface area is 239 Å². The number of hydrogen-bond acceptors (Lipinski definition) is 4. The zero-order valence-corrected chi connectivity index (χ0v) is 24.2. The zero-order valence-electron chi connectivity index (χ0n) is 24.2. The third kappa shape index (κ3) is 6.57. The number of fused-ring (bicyclic) bond motifs is 1. The lowest BCUT2D eigenvalue weighted by atomic mass is 10.0. The van der Waals surface area contributed by atoms with Gasteiger partial charge in [0, 0.05) is 30.9 Å². The van der Waals surface area contributed by atoms with Crippen molar-refractivity contribution in [1.29, 1.82) is 0 Å². The maximum atomic E-state index is 12.4. The number of piperidine rings is 1. The van der Waals surface area contributed by atoms with E-state index in [0.29, 0.717) is 12.2 Å². The molecule has 1 saturated heterocycles. The van der Waals surface area contributed by atoms with Crippen molar-refractivity contribution in [2.45, 2.75) is 78.2 Å². The molecule has 3 aromatic carbocycles. The van der Waals surface area contributed by atoms with Gasteiger partial charge in [-0.1, -0.05) is 75.4 Å². The van der Waals surface area contributed by atoms with Crippen molar-refractivity contribution in [3.63, 3.8) is 0 Å². The first-order chi connectivity index (χ1) is 19.7. The molecule has 1 aliphatic rings. The van der Waals surface area contributed by atoms with Gasteiger partial charge in [-0.3, -0.25) is 0 Å². The number of unbranched alkanes of at least 4 members (excludes halogenated alkanes) is 5. The summed E-state index contributed by atoms with van der Waals surface area (Å²) in [6, 6.07) is 23.5. The van der Waals surface area contributed by atoms with Gasteiger partial charge in [0.2, 0.25) is 0 Å². The molecular formula is C35H43N3O2. The minimum absolute atomic E-state index is 0.299. The molecule has 0 amide bonds. The lowest BCUT2D eigenvalue weighted by Crippen LogP contribution is -2.29. The van der Waals surface area contributed by atoms with Gasteiger partial charge >= 0.3 is 5.97 Å². The fraction of sp³-hybridized carbons (Fsp3) is 0.429. The second-order valence-electron chi connectivity index (χ2n) is 11.0. The van der Waals surface area contributed by atoms with Crippen LogP contribution in [0.3, 0.4) is 0 Å². The summed E-state index contributed by atoms with van der Waals surface area (Å²) in [5.74, 6) is 0.656. The first kappa shape index (κ1) is 27.9. The van der Waals surface area contributed by atoms with Crippen LogP contribution in [0.1, 0.15) is 82.0 Å². The minimum atomic E-state index is -0.299. The lowest BCUT2D eigenvalue weighted by Gasteiger charge is -2.28. The number of aryl methyl sites for hydroxylation is 1. The summed E-state index contributed by atoms with van der Waals surface area (Å²) in [5, 5.41) is 0. The predicted molar refractivity (Wildman–Crippen MR) is 166 cm³/mol. The van der Waals surface area contributed by atoms with Crippen LogP contribution in [0, 0.1) is 0 Å². The molecule has 1 aromatic heterocycles. The van der Waals surface area contributed by atoms with Crippen LogP contribution in [0.2, 0.25) is 0 Å². The molecule has 5 nitrogen and oxygen atoms in total. The van der Waals surface area contributed by atoms with E-state index < -0.39 is 0 Å². The number of imidazole rings is 1. The molecule has 0 unspecified atom stereocenters. The second kappa shape index (κ2) is 13.6. The molecule has 0 aliphatic carbocycles. The Morgan fingerprint density at radius 1 is 0.775 bits per heavy atom. The summed E-state index contributed by atoms with van der Waals surface area (Å²) in [6.45, 7) is 7.68. The molecule has 1 fully saturated rings. The van der Waals surface area contributed by atoms with E-state index in [-0.39, 0.29) is 5.97 Å². The van der Waals surface area contributed by atoms with Crippen molar-refractivity contribution in [3.05, 3.63) is 72.3 Å². The highest BCUT2D eigenvalue weighted by molar-refractivity contribution is 5.94. The maximum Gasteiger partial charge on any atom is 0.338 e. The van der Waals surface area contributed by atoms with Crippen LogP contribution in [0.15, 0.2) is 66.7 Å². The van der Waals surface area contributed by atoms with E-state index in [9.17, 15) is 4.79 Å². The van der Waals surface area contributed by atoms with Crippen molar-refractivity contribution in [1.82, 2.24) is 9.55 Å². The smallest absolute Gasteiger partial charge is 0.338 e. The standard InChI is InChI=1S/C35H43N3O2/c1-3-5-6-7-8-12-25-38-33-22-19-30(35(39)40-4-2)26-32(33)36-34(38)29-15-13-27(14-16-29)28-17-20-31(21-18-28)37-23-10-9-11-24-37/h13-22,26H,3-12,23-25H2,1-2H3. The molecular weight excluding hydrogens is 494 g/mol. The Hall–Kier alpha value is -3.60. The summed E-state index contributed by atoms with van der Waals surface area (Å²) in [6.07, 6.45) is 11.4. The molecule has 40 heavy (non-hydrogen) atoms. The molecule has 0 radical (unpaired) electrons. The highest BCUT2D eigenvalue weighted by Gasteiger charge is 2.16. The van der Waals surface area contributed by atoms with Gasteiger partial charge in [-0.2, -0.15) is 0 Å². The monoisotopic (exact) mass is 537 g/mol. The molecule has 0 spiro atoms. The van der Waals surface area contributed by atoms with Crippen LogP contribution in [0.25, 0.3) is 33.5 Å². The topological polar surface area (TPSA) is 47.4 Å². The van der Waals surface area contributed by atoms with Gasteiger partial charge in [-0.15, -0.1) is 0 Å². The Morgan fingerprint density at radius 3 is 2.12 bits per heavy atom. The van der Waals surface area contributed by atoms with Crippen LogP contribution in [-0.2, 0) is 11.3 Å². The summed E-state index contributed by atoms with van der Waals surface area (Å²) >= 11 is 0. The number of aromatic nitrogens is 2. The Bertz CT molecular complexity index is 1380. The highest BCUT2D eigenvalue weighted by atomic mass is 16.5. The van der Waals surface area contributed by atoms with Crippen LogP contribution in [0.5, 0.6) is 0 Å². The zero-order chi connectivity index (χ0) is 27.7. The average Bonchev–Trinajstić information content (AvgIpc) is 3.37. The van der Waals surface area contributed by atoms with E-state index in [1.54, 1.807) is 0 Å². The Balaban J connectivity index is 1.38. The number of carbonyl (C=O) groups excluding carboxylic acids is 1. The van der Waals surface area contributed by atoms with E-state index in [2.05, 4.69) is 64.9 Å². The molecule has 0 N–H and O–H groups in total. The third-order valence-electron chi connectivity index (χ3n) is 8.06. The third-order valence-corrected chi connectivity index (χ3v) is 8.06. The SMILES string of the molecule is CCCCCCCCn1c(-c2ccc(-c3ccc(N4CCCCC4)cc3)cc2)nc2cc(C(=O)OCC)ccc21. The molecule has 0 bridgehead atoms. The van der Waals surface area contributed by atoms with E-state index in [1.807, 2.05) is 25.1 Å². The largest absolute Gasteiger partial charge is 0.462 e. The second-order valence-corrected chi connectivity index (χ2v) is 11.0. The van der Waals surface area contributed by atoms with E-state index >= 15 is 0 Å². The number of hydrogen-bond donors (Lipinski definition) is 0. The number of benzene rings is 3. The molecule has 5 rings (SSSR count). The van der Waals surface area contributed by atoms with Crippen molar-refractivity contribution >= 4 is 22.7 Å². The van der Waals surface area contributed by atoms with Gasteiger partial charge in [0.05, 0.1) is 23.2 Å². The molecule has 210 valence electrons. The van der Waals surface area contributed by atoms with Crippen molar-refractivity contribution in [2.24, 2.45) is 0 Å². The first-order valence-electron chi connectivity index (χ1n) is 15.3. The quantitative estimate of drug-likeness (QED) is 0.134. The molecule has 1 aliphatic heterocycles. The predicted octanol–water partition coefficient (Wildman–Crippen LogP) is 8.90. The van der Waals surface area contributed by atoms with Gasteiger partial charge in [0.25, 0.3) is 0 Å². The lowest BCUT2D eigenvalue weighted by molar-refractivity contribution is 0.0526. The van der Waals surface area contributed by atoms with Gasteiger partial charge in [-0.25, -0.2) is 9.78 Å². The fourth-order valence-electron chi connectivity index (χ4n) is 5.80. The molecule has 0 atom stereocenters. The van der Waals surface area contributed by atoms with E-state index in [4.69, 9.17) is 9.72 Å². The molecule has 0 saturated carbocycles. The van der Waals surface area contributed by atoms with E-state index in [1.165, 1.54) is 68.2 Å². The molecule has 4 aromatic rings. The van der Waals surface area contributed by atoms with Gasteiger partial charge in [-0.05, 0) is 74.1 Å². The van der Waals surface area contributed by atoms with Crippen molar-refractivity contribution in [3.8, 4) is 22.5 Å². The Morgan fingerprint density at radius 2 is 1.43 bits per heavy atom. The highest BCUT2D eigenvalue weighted by Crippen LogP contribution is 2.30. The van der Waals surface area contributed by atoms with Gasteiger partial charge < -0.3 is 14.2 Å². The van der Waals surface area contributed by atoms with Gasteiger partial charge in [0.1, 0.15) is 5.82 Å². The fourth-order valence-corrected chi connectivity index (χ4v) is 5.80. The number of anilines is 1. The summed E-state index contributed by atoms with van der Waals surface area (Å²) in [7, 11) is 0. The normalized spacial score (nSPS) is 13.6.